The van der Waals surface area contributed by atoms with Gasteiger partial charge in [-0.15, -0.1) is 11.3 Å². The second-order valence-corrected chi connectivity index (χ2v) is 4.76. The Balaban J connectivity index is 2.46. The lowest BCUT2D eigenvalue weighted by atomic mass is 10.1. The van der Waals surface area contributed by atoms with Gasteiger partial charge in [0.05, 0.1) is 22.3 Å². The average molecular weight is 221 g/mol. The molecule has 15 heavy (non-hydrogen) atoms. The molecule has 0 bridgehead atoms. The first-order valence-electron chi connectivity index (χ1n) is 5.19. The Labute approximate surface area is 93.9 Å². The molecule has 0 aliphatic rings. The van der Waals surface area contributed by atoms with E-state index in [9.17, 15) is 0 Å². The normalized spacial score (nSPS) is 13.0. The Morgan fingerprint density at radius 1 is 1.47 bits per heavy atom. The summed E-state index contributed by atoms with van der Waals surface area (Å²) < 4.78 is 6.41. The van der Waals surface area contributed by atoms with Crippen LogP contribution in [0.2, 0.25) is 0 Å². The zero-order valence-electron chi connectivity index (χ0n) is 9.28. The number of hydrogen-bond acceptors (Lipinski definition) is 3. The summed E-state index contributed by atoms with van der Waals surface area (Å²) in [6, 6.07) is 6.04. The van der Waals surface area contributed by atoms with Gasteiger partial charge in [0.15, 0.2) is 0 Å². The minimum absolute atomic E-state index is 0.549. The molecule has 0 saturated heterocycles. The molecule has 0 spiro atoms. The summed E-state index contributed by atoms with van der Waals surface area (Å²) in [4.78, 5) is 4.62. The van der Waals surface area contributed by atoms with Crippen LogP contribution in [-0.4, -0.2) is 12.1 Å². The van der Waals surface area contributed by atoms with Gasteiger partial charge in [0.2, 0.25) is 0 Å². The van der Waals surface area contributed by atoms with Crippen molar-refractivity contribution >= 4 is 21.6 Å². The van der Waals surface area contributed by atoms with Crippen molar-refractivity contribution in [2.24, 2.45) is 0 Å². The largest absolute Gasteiger partial charge is 0.497 e. The van der Waals surface area contributed by atoms with Crippen molar-refractivity contribution < 1.29 is 4.74 Å². The lowest BCUT2D eigenvalue weighted by molar-refractivity contribution is 0.415. The van der Waals surface area contributed by atoms with Gasteiger partial charge in [-0.2, -0.15) is 0 Å². The highest BCUT2D eigenvalue weighted by Crippen LogP contribution is 2.31. The number of fused-ring (bicyclic) bond motifs is 1. The van der Waals surface area contributed by atoms with Crippen molar-refractivity contribution in [1.29, 1.82) is 0 Å². The fourth-order valence-corrected chi connectivity index (χ4v) is 2.57. The smallest absolute Gasteiger partial charge is 0.120 e. The molecule has 0 aliphatic carbocycles. The summed E-state index contributed by atoms with van der Waals surface area (Å²) in [6.07, 6.45) is 1.14. The van der Waals surface area contributed by atoms with E-state index in [2.05, 4.69) is 24.9 Å². The molecule has 0 fully saturated rings. The van der Waals surface area contributed by atoms with E-state index in [1.807, 2.05) is 12.1 Å². The molecule has 2 nitrogen and oxygen atoms in total. The lowest BCUT2D eigenvalue weighted by Gasteiger charge is -2.00. The maximum Gasteiger partial charge on any atom is 0.120 e. The first kappa shape index (κ1) is 10.4. The first-order chi connectivity index (χ1) is 7.24. The number of benzene rings is 1. The second-order valence-electron chi connectivity index (χ2n) is 3.70. The van der Waals surface area contributed by atoms with Crippen LogP contribution < -0.4 is 4.74 Å². The van der Waals surface area contributed by atoms with E-state index < -0.39 is 0 Å². The van der Waals surface area contributed by atoms with Crippen molar-refractivity contribution in [3.63, 3.8) is 0 Å². The number of thiazole rings is 1. The molecule has 1 atom stereocenters. The summed E-state index contributed by atoms with van der Waals surface area (Å²) in [7, 11) is 1.69. The van der Waals surface area contributed by atoms with Crippen LogP contribution in [0.15, 0.2) is 18.2 Å². The van der Waals surface area contributed by atoms with Crippen molar-refractivity contribution in [2.75, 3.05) is 7.11 Å². The molecular formula is C12H15NOS. The number of hydrogen-bond donors (Lipinski definition) is 0. The standard InChI is InChI=1S/C12H15NOS/c1-4-8(2)12-13-10-6-5-9(14-3)7-11(10)15-12/h5-8H,4H2,1-3H3. The van der Waals surface area contributed by atoms with Crippen molar-refractivity contribution in [1.82, 2.24) is 4.98 Å². The number of methoxy groups -OCH3 is 1. The van der Waals surface area contributed by atoms with E-state index in [1.54, 1.807) is 18.4 Å². The average Bonchev–Trinajstić information content (AvgIpc) is 2.70. The SMILES string of the molecule is CCC(C)c1nc2ccc(OC)cc2s1. The van der Waals surface area contributed by atoms with Gasteiger partial charge in [0, 0.05) is 5.92 Å². The summed E-state index contributed by atoms with van der Waals surface area (Å²) in [5, 5.41) is 1.22. The zero-order valence-corrected chi connectivity index (χ0v) is 10.1. The van der Waals surface area contributed by atoms with E-state index in [4.69, 9.17) is 4.74 Å². The van der Waals surface area contributed by atoms with Crippen LogP contribution in [0.5, 0.6) is 5.75 Å². The molecule has 0 aliphatic heterocycles. The summed E-state index contributed by atoms with van der Waals surface area (Å²) >= 11 is 1.77. The highest BCUT2D eigenvalue weighted by molar-refractivity contribution is 7.18. The van der Waals surface area contributed by atoms with Crippen LogP contribution in [0.4, 0.5) is 0 Å². The molecule has 1 unspecified atom stereocenters. The fourth-order valence-electron chi connectivity index (χ4n) is 1.44. The summed E-state index contributed by atoms with van der Waals surface area (Å²) in [6.45, 7) is 4.41. The van der Waals surface area contributed by atoms with Gasteiger partial charge in [-0.05, 0) is 24.6 Å². The number of aromatic nitrogens is 1. The van der Waals surface area contributed by atoms with Crippen LogP contribution in [0.1, 0.15) is 31.2 Å². The van der Waals surface area contributed by atoms with Crippen LogP contribution in [0, 0.1) is 0 Å². The minimum Gasteiger partial charge on any atom is -0.497 e. The molecule has 0 N–H and O–H groups in total. The Morgan fingerprint density at radius 2 is 2.27 bits per heavy atom. The molecule has 0 radical (unpaired) electrons. The maximum absolute atomic E-state index is 5.20. The van der Waals surface area contributed by atoms with Crippen LogP contribution in [0.3, 0.4) is 0 Å². The molecule has 0 amide bonds. The lowest BCUT2D eigenvalue weighted by Crippen LogP contribution is -1.88. The van der Waals surface area contributed by atoms with Gasteiger partial charge in [-0.3, -0.25) is 0 Å². The third-order valence-corrected chi connectivity index (χ3v) is 3.90. The Hall–Kier alpha value is -1.09. The number of nitrogens with zero attached hydrogens (tertiary/aromatic N) is 1. The highest BCUT2D eigenvalue weighted by atomic mass is 32.1. The van der Waals surface area contributed by atoms with E-state index in [0.717, 1.165) is 17.7 Å². The Kier molecular flexibility index (Phi) is 2.91. The highest BCUT2D eigenvalue weighted by Gasteiger charge is 2.09. The summed E-state index contributed by atoms with van der Waals surface area (Å²) in [5.74, 6) is 1.45. The predicted octanol–water partition coefficient (Wildman–Crippen LogP) is 3.82. The Morgan fingerprint density at radius 3 is 2.93 bits per heavy atom. The van der Waals surface area contributed by atoms with Gasteiger partial charge in [0.1, 0.15) is 5.75 Å². The summed E-state index contributed by atoms with van der Waals surface area (Å²) in [5.41, 5.74) is 1.08. The van der Waals surface area contributed by atoms with Crippen molar-refractivity contribution in [3.8, 4) is 5.75 Å². The minimum atomic E-state index is 0.549. The molecule has 1 aromatic carbocycles. The number of ether oxygens (including phenoxy) is 1. The zero-order chi connectivity index (χ0) is 10.8. The van der Waals surface area contributed by atoms with Crippen molar-refractivity contribution in [2.45, 2.75) is 26.2 Å². The molecule has 2 aromatic rings. The van der Waals surface area contributed by atoms with Crippen molar-refractivity contribution in [3.05, 3.63) is 23.2 Å². The fraction of sp³-hybridized carbons (Fsp3) is 0.417. The van der Waals surface area contributed by atoms with Gasteiger partial charge >= 0.3 is 0 Å². The van der Waals surface area contributed by atoms with E-state index in [1.165, 1.54) is 9.71 Å². The van der Waals surface area contributed by atoms with E-state index >= 15 is 0 Å². The third-order valence-electron chi connectivity index (χ3n) is 2.65. The molecule has 1 aromatic heterocycles. The van der Waals surface area contributed by atoms with Gasteiger partial charge in [-0.25, -0.2) is 4.98 Å². The molecule has 0 saturated carbocycles. The monoisotopic (exact) mass is 221 g/mol. The molecular weight excluding hydrogens is 206 g/mol. The number of rotatable bonds is 3. The van der Waals surface area contributed by atoms with Gasteiger partial charge in [-0.1, -0.05) is 13.8 Å². The quantitative estimate of drug-likeness (QED) is 0.786. The van der Waals surface area contributed by atoms with E-state index in [0.29, 0.717) is 5.92 Å². The third kappa shape index (κ3) is 1.97. The molecule has 80 valence electrons. The molecule has 2 rings (SSSR count). The topological polar surface area (TPSA) is 22.1 Å². The Bertz CT molecular complexity index is 464. The van der Waals surface area contributed by atoms with Crippen LogP contribution in [0.25, 0.3) is 10.2 Å². The second kappa shape index (κ2) is 4.19. The van der Waals surface area contributed by atoms with E-state index in [-0.39, 0.29) is 0 Å². The van der Waals surface area contributed by atoms with Gasteiger partial charge in [0.25, 0.3) is 0 Å². The van der Waals surface area contributed by atoms with Crippen LogP contribution >= 0.6 is 11.3 Å². The van der Waals surface area contributed by atoms with Crippen LogP contribution in [-0.2, 0) is 0 Å². The predicted molar refractivity (Wildman–Crippen MR) is 64.9 cm³/mol. The maximum atomic E-state index is 5.20. The molecule has 1 heterocycles. The first-order valence-corrected chi connectivity index (χ1v) is 6.00. The molecule has 3 heteroatoms. The van der Waals surface area contributed by atoms with Gasteiger partial charge < -0.3 is 4.74 Å².